The molecule has 0 amide bonds. The van der Waals surface area contributed by atoms with Crippen LogP contribution in [0.3, 0.4) is 0 Å². The highest BCUT2D eigenvalue weighted by Crippen LogP contribution is 1.93. The van der Waals surface area contributed by atoms with Crippen LogP contribution in [-0.2, 0) is 0 Å². The van der Waals surface area contributed by atoms with Crippen molar-refractivity contribution in [2.75, 3.05) is 7.05 Å². The normalized spacial score (nSPS) is 21.2. The molecule has 1 unspecified atom stereocenters. The molecule has 13 heavy (non-hydrogen) atoms. The number of hydrogen-bond donors (Lipinski definition) is 1. The average molecular weight is 176 g/mol. The zero-order chi connectivity index (χ0) is 9.26. The van der Waals surface area contributed by atoms with Gasteiger partial charge in [0, 0.05) is 19.3 Å². The predicted molar refractivity (Wildman–Crippen MR) is 48.6 cm³/mol. The van der Waals surface area contributed by atoms with Gasteiger partial charge < -0.3 is 0 Å². The predicted octanol–water partition coefficient (Wildman–Crippen LogP) is -0.915. The van der Waals surface area contributed by atoms with Crippen LogP contribution in [0.5, 0.6) is 0 Å². The summed E-state index contributed by atoms with van der Waals surface area (Å²) in [7, 11) is 1.99. The van der Waals surface area contributed by atoms with Gasteiger partial charge in [-0.25, -0.2) is 9.88 Å². The zero-order valence-corrected chi connectivity index (χ0v) is 7.52. The molecule has 0 saturated heterocycles. The standard InChI is InChI=1S/C8H9N5/c1-6-11-12-8(13(6)2)7-5-9-3-4-10-7/h3-5H,1-2H3/p+1. The fourth-order valence-electron chi connectivity index (χ4n) is 1.11. The number of amidine groups is 2. The minimum absolute atomic E-state index is 0.778. The monoisotopic (exact) mass is 176 g/mol. The number of nitrogens with one attached hydrogen (secondary N) is 1. The topological polar surface area (TPSA) is 54.9 Å². The van der Waals surface area contributed by atoms with Crippen molar-refractivity contribution in [2.45, 2.75) is 6.92 Å². The first-order chi connectivity index (χ1) is 6.29. The maximum Gasteiger partial charge on any atom is 0.278 e. The molecule has 1 aliphatic rings. The summed E-state index contributed by atoms with van der Waals surface area (Å²) in [5.41, 5.74) is 0.778. The molecule has 1 aromatic rings. The summed E-state index contributed by atoms with van der Waals surface area (Å²) in [6, 6.07) is 0. The molecule has 1 aromatic heterocycles. The van der Waals surface area contributed by atoms with Crippen molar-refractivity contribution in [1.82, 2.24) is 9.97 Å². The molecule has 0 fully saturated rings. The first kappa shape index (κ1) is 8.00. The molecule has 0 spiro atoms. The van der Waals surface area contributed by atoms with E-state index in [4.69, 9.17) is 0 Å². The second-order valence-corrected chi connectivity index (χ2v) is 2.85. The van der Waals surface area contributed by atoms with Crippen LogP contribution in [0.2, 0.25) is 0 Å². The summed E-state index contributed by atoms with van der Waals surface area (Å²) in [5, 5.41) is 8.01. The van der Waals surface area contributed by atoms with Crippen molar-refractivity contribution < 1.29 is 4.90 Å². The molecule has 0 aliphatic carbocycles. The molecule has 1 N–H and O–H groups in total. The molecule has 66 valence electrons. The van der Waals surface area contributed by atoms with Crippen LogP contribution in [0.25, 0.3) is 0 Å². The van der Waals surface area contributed by atoms with Gasteiger partial charge in [-0.05, 0) is 0 Å². The summed E-state index contributed by atoms with van der Waals surface area (Å²) in [6.45, 7) is 1.93. The first-order valence-electron chi connectivity index (χ1n) is 4.02. The Balaban J connectivity index is 2.32. The molecular weight excluding hydrogens is 166 g/mol. The Kier molecular flexibility index (Phi) is 1.86. The Bertz CT molecular complexity index is 367. The lowest BCUT2D eigenvalue weighted by Crippen LogP contribution is -3.13. The van der Waals surface area contributed by atoms with E-state index in [1.165, 1.54) is 0 Å². The minimum Gasteiger partial charge on any atom is -0.261 e. The summed E-state index contributed by atoms with van der Waals surface area (Å²) in [4.78, 5) is 9.21. The molecule has 1 aliphatic heterocycles. The van der Waals surface area contributed by atoms with E-state index in [1.54, 1.807) is 18.6 Å². The SMILES string of the molecule is CC1=NN=C(c2cnccn2)[NH+]1C. The van der Waals surface area contributed by atoms with Crippen LogP contribution in [0.4, 0.5) is 0 Å². The van der Waals surface area contributed by atoms with Crippen molar-refractivity contribution in [1.29, 1.82) is 0 Å². The molecule has 5 heteroatoms. The average Bonchev–Trinajstić information content (AvgIpc) is 2.49. The van der Waals surface area contributed by atoms with Crippen molar-refractivity contribution in [3.8, 4) is 0 Å². The molecule has 1 atom stereocenters. The van der Waals surface area contributed by atoms with Crippen molar-refractivity contribution in [3.05, 3.63) is 24.3 Å². The van der Waals surface area contributed by atoms with Gasteiger partial charge in [-0.3, -0.25) is 4.98 Å². The van der Waals surface area contributed by atoms with E-state index in [9.17, 15) is 0 Å². The molecule has 2 rings (SSSR count). The Hall–Kier alpha value is -1.62. The first-order valence-corrected chi connectivity index (χ1v) is 4.02. The van der Waals surface area contributed by atoms with E-state index in [0.717, 1.165) is 22.3 Å². The summed E-state index contributed by atoms with van der Waals surface area (Å²) >= 11 is 0. The maximum absolute atomic E-state index is 4.16. The Morgan fingerprint density at radius 2 is 2.08 bits per heavy atom. The zero-order valence-electron chi connectivity index (χ0n) is 7.52. The lowest BCUT2D eigenvalue weighted by Gasteiger charge is -2.05. The van der Waals surface area contributed by atoms with Crippen LogP contribution in [0.1, 0.15) is 12.6 Å². The highest BCUT2D eigenvalue weighted by molar-refractivity contribution is 5.98. The van der Waals surface area contributed by atoms with Crippen LogP contribution in [0, 0.1) is 0 Å². The fourth-order valence-corrected chi connectivity index (χ4v) is 1.11. The van der Waals surface area contributed by atoms with Gasteiger partial charge in [-0.1, -0.05) is 10.2 Å². The van der Waals surface area contributed by atoms with Gasteiger partial charge in [0.2, 0.25) is 5.84 Å². The van der Waals surface area contributed by atoms with Gasteiger partial charge in [0.05, 0.1) is 13.2 Å². The van der Waals surface area contributed by atoms with Crippen molar-refractivity contribution in [3.63, 3.8) is 0 Å². The van der Waals surface area contributed by atoms with Gasteiger partial charge in [0.1, 0.15) is 0 Å². The minimum atomic E-state index is 0.778. The summed E-state index contributed by atoms with van der Waals surface area (Å²) in [5.74, 6) is 1.77. The van der Waals surface area contributed by atoms with Gasteiger partial charge in [-0.15, -0.1) is 0 Å². The quantitative estimate of drug-likeness (QED) is 0.602. The smallest absolute Gasteiger partial charge is 0.261 e. The van der Waals surface area contributed by atoms with Crippen molar-refractivity contribution >= 4 is 11.7 Å². The van der Waals surface area contributed by atoms with Gasteiger partial charge >= 0.3 is 0 Å². The van der Waals surface area contributed by atoms with Crippen LogP contribution < -0.4 is 4.90 Å². The third-order valence-corrected chi connectivity index (χ3v) is 2.00. The molecule has 0 bridgehead atoms. The second kappa shape index (κ2) is 3.02. The molecule has 0 aromatic carbocycles. The lowest BCUT2D eigenvalue weighted by molar-refractivity contribution is -0.671. The Morgan fingerprint density at radius 3 is 2.62 bits per heavy atom. The van der Waals surface area contributed by atoms with E-state index in [0.29, 0.717) is 0 Å². The molecule has 2 heterocycles. The van der Waals surface area contributed by atoms with Gasteiger partial charge in [-0.2, -0.15) is 0 Å². The molecule has 0 saturated carbocycles. The van der Waals surface area contributed by atoms with E-state index in [-0.39, 0.29) is 0 Å². The van der Waals surface area contributed by atoms with E-state index >= 15 is 0 Å². The van der Waals surface area contributed by atoms with Gasteiger partial charge in [0.25, 0.3) is 5.84 Å². The summed E-state index contributed by atoms with van der Waals surface area (Å²) < 4.78 is 0. The van der Waals surface area contributed by atoms with Crippen molar-refractivity contribution in [2.24, 2.45) is 10.2 Å². The number of hydrogen-bond acceptors (Lipinski definition) is 4. The number of rotatable bonds is 1. The number of nitrogens with zero attached hydrogens (tertiary/aromatic N) is 4. The molecular formula is C8H10N5+. The van der Waals surface area contributed by atoms with Crippen LogP contribution >= 0.6 is 0 Å². The fraction of sp³-hybridized carbons (Fsp3) is 0.250. The van der Waals surface area contributed by atoms with E-state index in [1.807, 2.05) is 14.0 Å². The number of quaternary nitrogens is 1. The van der Waals surface area contributed by atoms with Crippen LogP contribution in [-0.4, -0.2) is 28.7 Å². The van der Waals surface area contributed by atoms with E-state index in [2.05, 4.69) is 20.2 Å². The highest BCUT2D eigenvalue weighted by atomic mass is 15.4. The maximum atomic E-state index is 4.16. The van der Waals surface area contributed by atoms with Gasteiger partial charge in [0.15, 0.2) is 5.69 Å². The Labute approximate surface area is 75.8 Å². The second-order valence-electron chi connectivity index (χ2n) is 2.85. The third kappa shape index (κ3) is 1.33. The number of aromatic nitrogens is 2. The van der Waals surface area contributed by atoms with E-state index < -0.39 is 0 Å². The largest absolute Gasteiger partial charge is 0.278 e. The molecule has 5 nitrogen and oxygen atoms in total. The molecule has 0 radical (unpaired) electrons. The lowest BCUT2D eigenvalue weighted by atomic mass is 10.4. The third-order valence-electron chi connectivity index (χ3n) is 2.00. The Morgan fingerprint density at radius 1 is 1.23 bits per heavy atom. The summed E-state index contributed by atoms with van der Waals surface area (Å²) in [6.07, 6.45) is 4.98. The van der Waals surface area contributed by atoms with Crippen LogP contribution in [0.15, 0.2) is 28.8 Å². The highest BCUT2D eigenvalue weighted by Gasteiger charge is 2.24.